The van der Waals surface area contributed by atoms with E-state index in [2.05, 4.69) is 15.0 Å². The van der Waals surface area contributed by atoms with Crippen molar-refractivity contribution in [3.8, 4) is 0 Å². The fourth-order valence-corrected chi connectivity index (χ4v) is 2.18. The Hall–Kier alpha value is -1.88. The van der Waals surface area contributed by atoms with Crippen molar-refractivity contribution < 1.29 is 0 Å². The summed E-state index contributed by atoms with van der Waals surface area (Å²) in [6, 6.07) is 6.92. The van der Waals surface area contributed by atoms with Crippen molar-refractivity contribution >= 4 is 17.3 Å². The van der Waals surface area contributed by atoms with Gasteiger partial charge in [-0.25, -0.2) is 9.67 Å². The number of pyridine rings is 1. The fourth-order valence-electron chi connectivity index (χ4n) is 2.00. The first kappa shape index (κ1) is 14.5. The molecule has 0 aromatic carbocycles. The standard InChI is InChI=1S/C14H17ClN4O/c1-3-18(4-2)12-8-14(20)19(16-9-12)10-11-6-5-7-13(15)17-11/h5-9H,3-4,10H2,1-2H3. The van der Waals surface area contributed by atoms with Crippen LogP contribution in [0.3, 0.4) is 0 Å². The maximum atomic E-state index is 12.1. The molecule has 0 unspecified atom stereocenters. The van der Waals surface area contributed by atoms with Crippen molar-refractivity contribution in [1.29, 1.82) is 0 Å². The van der Waals surface area contributed by atoms with E-state index in [4.69, 9.17) is 11.6 Å². The van der Waals surface area contributed by atoms with Crippen molar-refractivity contribution in [2.24, 2.45) is 0 Å². The van der Waals surface area contributed by atoms with Crippen molar-refractivity contribution in [3.05, 3.63) is 51.7 Å². The lowest BCUT2D eigenvalue weighted by Crippen LogP contribution is -2.28. The van der Waals surface area contributed by atoms with E-state index in [0.29, 0.717) is 17.4 Å². The van der Waals surface area contributed by atoms with Gasteiger partial charge >= 0.3 is 0 Å². The fraction of sp³-hybridized carbons (Fsp3) is 0.357. The minimum Gasteiger partial charge on any atom is -0.371 e. The zero-order valence-corrected chi connectivity index (χ0v) is 12.3. The molecule has 20 heavy (non-hydrogen) atoms. The Morgan fingerprint density at radius 2 is 2.05 bits per heavy atom. The topological polar surface area (TPSA) is 51.0 Å². The van der Waals surface area contributed by atoms with Crippen molar-refractivity contribution in [2.75, 3.05) is 18.0 Å². The first-order chi connectivity index (χ1) is 9.63. The first-order valence-electron chi connectivity index (χ1n) is 6.57. The van der Waals surface area contributed by atoms with Gasteiger partial charge in [-0.3, -0.25) is 4.79 Å². The van der Waals surface area contributed by atoms with Crippen LogP contribution in [0.15, 0.2) is 35.3 Å². The number of anilines is 1. The van der Waals surface area contributed by atoms with E-state index in [1.165, 1.54) is 4.68 Å². The van der Waals surface area contributed by atoms with Crippen LogP contribution in [-0.4, -0.2) is 27.9 Å². The SMILES string of the molecule is CCN(CC)c1cnn(Cc2cccc(Cl)n2)c(=O)c1. The second-order valence-corrected chi connectivity index (χ2v) is 4.72. The van der Waals surface area contributed by atoms with Crippen molar-refractivity contribution in [1.82, 2.24) is 14.8 Å². The lowest BCUT2D eigenvalue weighted by molar-refractivity contribution is 0.625. The van der Waals surface area contributed by atoms with Gasteiger partial charge in [-0.1, -0.05) is 17.7 Å². The number of rotatable bonds is 5. The largest absolute Gasteiger partial charge is 0.371 e. The molecule has 2 aromatic heterocycles. The molecule has 106 valence electrons. The zero-order chi connectivity index (χ0) is 14.5. The molecule has 2 aromatic rings. The summed E-state index contributed by atoms with van der Waals surface area (Å²) in [7, 11) is 0. The Kier molecular flexibility index (Phi) is 4.74. The molecule has 2 rings (SSSR count). The lowest BCUT2D eigenvalue weighted by atomic mass is 10.3. The summed E-state index contributed by atoms with van der Waals surface area (Å²) >= 11 is 5.83. The highest BCUT2D eigenvalue weighted by Crippen LogP contribution is 2.09. The molecule has 0 radical (unpaired) electrons. The van der Waals surface area contributed by atoms with Gasteiger partial charge < -0.3 is 4.90 Å². The molecule has 2 heterocycles. The van der Waals surface area contributed by atoms with Crippen LogP contribution in [0.5, 0.6) is 0 Å². The predicted octanol–water partition coefficient (Wildman–Crippen LogP) is 2.19. The number of aromatic nitrogens is 3. The molecule has 6 heteroatoms. The number of hydrogen-bond donors (Lipinski definition) is 0. The summed E-state index contributed by atoms with van der Waals surface area (Å²) in [5.74, 6) is 0. The van der Waals surface area contributed by atoms with E-state index in [1.54, 1.807) is 24.4 Å². The van der Waals surface area contributed by atoms with E-state index >= 15 is 0 Å². The summed E-state index contributed by atoms with van der Waals surface area (Å²) < 4.78 is 1.38. The van der Waals surface area contributed by atoms with Gasteiger partial charge in [-0.05, 0) is 26.0 Å². The molecule has 0 spiro atoms. The molecule has 0 aliphatic rings. The summed E-state index contributed by atoms with van der Waals surface area (Å²) in [6.45, 7) is 6.10. The van der Waals surface area contributed by atoms with Gasteiger partial charge in [0.25, 0.3) is 5.56 Å². The van der Waals surface area contributed by atoms with E-state index in [-0.39, 0.29) is 5.56 Å². The molecule has 5 nitrogen and oxygen atoms in total. The number of halogens is 1. The molecule has 0 fully saturated rings. The molecule has 0 saturated heterocycles. The summed E-state index contributed by atoms with van der Waals surface area (Å²) in [5, 5.41) is 4.61. The molecular formula is C14H17ClN4O. The van der Waals surface area contributed by atoms with Gasteiger partial charge in [0, 0.05) is 19.2 Å². The van der Waals surface area contributed by atoms with Gasteiger partial charge in [0.1, 0.15) is 5.15 Å². The van der Waals surface area contributed by atoms with Crippen LogP contribution < -0.4 is 10.5 Å². The van der Waals surface area contributed by atoms with Crippen LogP contribution in [0.25, 0.3) is 0 Å². The molecule has 0 N–H and O–H groups in total. The maximum Gasteiger partial charge on any atom is 0.269 e. The van der Waals surface area contributed by atoms with Gasteiger partial charge in [-0.2, -0.15) is 5.10 Å². The van der Waals surface area contributed by atoms with Gasteiger partial charge in [0.2, 0.25) is 0 Å². The zero-order valence-electron chi connectivity index (χ0n) is 11.6. The summed E-state index contributed by atoms with van der Waals surface area (Å²) in [6.07, 6.45) is 1.71. The highest BCUT2D eigenvalue weighted by atomic mass is 35.5. The normalized spacial score (nSPS) is 10.6. The minimum atomic E-state index is -0.142. The van der Waals surface area contributed by atoms with Gasteiger partial charge in [0.15, 0.2) is 0 Å². The third-order valence-electron chi connectivity index (χ3n) is 3.07. The molecule has 0 atom stereocenters. The molecule has 0 aliphatic heterocycles. The second-order valence-electron chi connectivity index (χ2n) is 4.33. The summed E-state index contributed by atoms with van der Waals surface area (Å²) in [4.78, 5) is 18.3. The van der Waals surface area contributed by atoms with Gasteiger partial charge in [-0.15, -0.1) is 0 Å². The van der Waals surface area contributed by atoms with Crippen molar-refractivity contribution in [2.45, 2.75) is 20.4 Å². The van der Waals surface area contributed by atoms with Crippen LogP contribution in [0.1, 0.15) is 19.5 Å². The van der Waals surface area contributed by atoms with Crippen molar-refractivity contribution in [3.63, 3.8) is 0 Å². The molecule has 0 bridgehead atoms. The van der Waals surface area contributed by atoms with Crippen LogP contribution >= 0.6 is 11.6 Å². The maximum absolute atomic E-state index is 12.1. The predicted molar refractivity (Wildman–Crippen MR) is 80.4 cm³/mol. The Labute approximate surface area is 122 Å². The third-order valence-corrected chi connectivity index (χ3v) is 3.28. The molecule has 0 aliphatic carbocycles. The third kappa shape index (κ3) is 3.36. The smallest absolute Gasteiger partial charge is 0.269 e. The first-order valence-corrected chi connectivity index (χ1v) is 6.95. The monoisotopic (exact) mass is 292 g/mol. The Balaban J connectivity index is 2.24. The molecule has 0 saturated carbocycles. The van der Waals surface area contributed by atoms with Crippen LogP contribution in [-0.2, 0) is 6.54 Å². The molecule has 0 amide bonds. The van der Waals surface area contributed by atoms with E-state index < -0.39 is 0 Å². The second kappa shape index (κ2) is 6.52. The summed E-state index contributed by atoms with van der Waals surface area (Å²) in [5.41, 5.74) is 1.41. The number of nitrogens with zero attached hydrogens (tertiary/aromatic N) is 4. The highest BCUT2D eigenvalue weighted by Gasteiger charge is 2.06. The average molecular weight is 293 g/mol. The Morgan fingerprint density at radius 1 is 1.30 bits per heavy atom. The van der Waals surface area contributed by atoms with Gasteiger partial charge in [0.05, 0.1) is 24.1 Å². The highest BCUT2D eigenvalue weighted by molar-refractivity contribution is 6.29. The Morgan fingerprint density at radius 3 is 2.65 bits per heavy atom. The van der Waals surface area contributed by atoms with Crippen LogP contribution in [0.2, 0.25) is 5.15 Å². The van der Waals surface area contributed by atoms with E-state index in [9.17, 15) is 4.79 Å². The van der Waals surface area contributed by atoms with Crippen LogP contribution in [0.4, 0.5) is 5.69 Å². The van der Waals surface area contributed by atoms with E-state index in [0.717, 1.165) is 18.8 Å². The lowest BCUT2D eigenvalue weighted by Gasteiger charge is -2.20. The quantitative estimate of drug-likeness (QED) is 0.793. The van der Waals surface area contributed by atoms with E-state index in [1.807, 2.05) is 19.9 Å². The van der Waals surface area contributed by atoms with Crippen LogP contribution in [0, 0.1) is 0 Å². The Bertz CT molecular complexity index is 637. The average Bonchev–Trinajstić information content (AvgIpc) is 2.43. The molecular weight excluding hydrogens is 276 g/mol. The number of hydrogen-bond acceptors (Lipinski definition) is 4. The minimum absolute atomic E-state index is 0.142.